The van der Waals surface area contributed by atoms with Gasteiger partial charge in [0, 0.05) is 26.5 Å². The van der Waals surface area contributed by atoms with E-state index in [9.17, 15) is 0 Å². The third-order valence-corrected chi connectivity index (χ3v) is 5.19. The molecule has 0 radical (unpaired) electrons. The standard InChI is InChI=1S/C20H13NS/c1-2-4-18-16(3-1)17-12-14(5-7-19(17)21-18)13-6-8-20-15(11-13)9-10-22-20/h1-12,21H. The molecular weight excluding hydrogens is 286 g/mol. The molecule has 0 atom stereocenters. The van der Waals surface area contributed by atoms with Gasteiger partial charge in [-0.1, -0.05) is 30.3 Å². The van der Waals surface area contributed by atoms with Gasteiger partial charge in [-0.15, -0.1) is 11.3 Å². The Morgan fingerprint density at radius 1 is 0.682 bits per heavy atom. The number of benzene rings is 3. The number of hydrogen-bond donors (Lipinski definition) is 1. The van der Waals surface area contributed by atoms with E-state index in [4.69, 9.17) is 0 Å². The van der Waals surface area contributed by atoms with Gasteiger partial charge in [0.15, 0.2) is 0 Å². The number of nitrogens with one attached hydrogen (secondary N) is 1. The fourth-order valence-corrected chi connectivity index (χ4v) is 3.94. The van der Waals surface area contributed by atoms with Gasteiger partial charge in [-0.2, -0.15) is 0 Å². The number of hydrogen-bond acceptors (Lipinski definition) is 1. The van der Waals surface area contributed by atoms with Crippen LogP contribution >= 0.6 is 11.3 Å². The minimum Gasteiger partial charge on any atom is -0.355 e. The lowest BCUT2D eigenvalue weighted by atomic mass is 10.0. The van der Waals surface area contributed by atoms with Crippen molar-refractivity contribution in [2.75, 3.05) is 0 Å². The quantitative estimate of drug-likeness (QED) is 0.379. The van der Waals surface area contributed by atoms with Gasteiger partial charge in [-0.05, 0) is 58.3 Å². The van der Waals surface area contributed by atoms with Gasteiger partial charge in [-0.25, -0.2) is 0 Å². The highest BCUT2D eigenvalue weighted by atomic mass is 32.1. The van der Waals surface area contributed by atoms with E-state index in [0.717, 1.165) is 0 Å². The lowest BCUT2D eigenvalue weighted by molar-refractivity contribution is 1.54. The normalized spacial score (nSPS) is 11.6. The van der Waals surface area contributed by atoms with E-state index in [1.54, 1.807) is 11.3 Å². The number of thiophene rings is 1. The van der Waals surface area contributed by atoms with Crippen LogP contribution in [0.3, 0.4) is 0 Å². The molecule has 0 amide bonds. The Morgan fingerprint density at radius 3 is 2.50 bits per heavy atom. The van der Waals surface area contributed by atoms with Crippen molar-refractivity contribution in [2.45, 2.75) is 0 Å². The Labute approximate surface area is 131 Å². The molecule has 104 valence electrons. The molecule has 2 heterocycles. The van der Waals surface area contributed by atoms with E-state index < -0.39 is 0 Å². The van der Waals surface area contributed by atoms with Crippen molar-refractivity contribution in [3.63, 3.8) is 0 Å². The van der Waals surface area contributed by atoms with E-state index in [1.807, 2.05) is 0 Å². The summed E-state index contributed by atoms with van der Waals surface area (Å²) in [6.07, 6.45) is 0. The van der Waals surface area contributed by atoms with Crippen molar-refractivity contribution in [3.05, 3.63) is 72.1 Å². The maximum atomic E-state index is 3.48. The smallest absolute Gasteiger partial charge is 0.0465 e. The number of aromatic amines is 1. The number of H-pyrrole nitrogens is 1. The Hall–Kier alpha value is -2.58. The van der Waals surface area contributed by atoms with Crippen LogP contribution in [0.5, 0.6) is 0 Å². The maximum absolute atomic E-state index is 3.48. The summed E-state index contributed by atoms with van der Waals surface area (Å²) in [5, 5.41) is 6.05. The molecule has 0 bridgehead atoms. The van der Waals surface area contributed by atoms with E-state index in [2.05, 4.69) is 77.1 Å². The summed E-state index contributed by atoms with van der Waals surface area (Å²) in [6.45, 7) is 0. The number of fused-ring (bicyclic) bond motifs is 4. The summed E-state index contributed by atoms with van der Waals surface area (Å²) in [6, 6.07) is 24.1. The van der Waals surface area contributed by atoms with Crippen molar-refractivity contribution in [3.8, 4) is 11.1 Å². The van der Waals surface area contributed by atoms with Crippen molar-refractivity contribution in [2.24, 2.45) is 0 Å². The summed E-state index contributed by atoms with van der Waals surface area (Å²) < 4.78 is 1.34. The van der Waals surface area contributed by atoms with Crippen LogP contribution in [-0.4, -0.2) is 4.98 Å². The second-order valence-corrected chi connectivity index (χ2v) is 6.55. The summed E-state index contributed by atoms with van der Waals surface area (Å²) in [7, 11) is 0. The Kier molecular flexibility index (Phi) is 2.43. The van der Waals surface area contributed by atoms with Crippen LogP contribution in [0.4, 0.5) is 0 Å². The predicted octanol–water partition coefficient (Wildman–Crippen LogP) is 6.20. The van der Waals surface area contributed by atoms with E-state index in [1.165, 1.54) is 43.0 Å². The lowest BCUT2D eigenvalue weighted by Gasteiger charge is -2.03. The first kappa shape index (κ1) is 12.0. The summed E-state index contributed by atoms with van der Waals surface area (Å²) in [5.41, 5.74) is 4.94. The first-order valence-electron chi connectivity index (χ1n) is 7.37. The van der Waals surface area contributed by atoms with Crippen LogP contribution in [0.2, 0.25) is 0 Å². The van der Waals surface area contributed by atoms with Gasteiger partial charge in [0.2, 0.25) is 0 Å². The predicted molar refractivity (Wildman–Crippen MR) is 96.6 cm³/mol. The van der Waals surface area contributed by atoms with Gasteiger partial charge in [0.05, 0.1) is 0 Å². The zero-order valence-corrected chi connectivity index (χ0v) is 12.7. The first-order chi connectivity index (χ1) is 10.9. The van der Waals surface area contributed by atoms with Crippen molar-refractivity contribution in [1.82, 2.24) is 4.98 Å². The molecule has 0 aliphatic heterocycles. The number of para-hydroxylation sites is 1. The third kappa shape index (κ3) is 1.71. The van der Waals surface area contributed by atoms with E-state index in [-0.39, 0.29) is 0 Å². The molecule has 3 aromatic carbocycles. The average Bonchev–Trinajstić information content (AvgIpc) is 3.17. The largest absolute Gasteiger partial charge is 0.355 e. The highest BCUT2D eigenvalue weighted by Gasteiger charge is 2.06. The molecule has 1 N–H and O–H groups in total. The van der Waals surface area contributed by atoms with Crippen LogP contribution in [-0.2, 0) is 0 Å². The molecule has 0 aliphatic rings. The lowest BCUT2D eigenvalue weighted by Crippen LogP contribution is -1.77. The van der Waals surface area contributed by atoms with Crippen molar-refractivity contribution >= 4 is 43.2 Å². The maximum Gasteiger partial charge on any atom is 0.0465 e. The highest BCUT2D eigenvalue weighted by molar-refractivity contribution is 7.17. The topological polar surface area (TPSA) is 15.8 Å². The second kappa shape index (κ2) is 4.46. The van der Waals surface area contributed by atoms with E-state index >= 15 is 0 Å². The molecule has 0 aliphatic carbocycles. The SMILES string of the molecule is c1ccc2c(c1)[nH]c1ccc(-c3ccc4sccc4c3)cc12. The summed E-state index contributed by atoms with van der Waals surface area (Å²) in [5.74, 6) is 0. The first-order valence-corrected chi connectivity index (χ1v) is 8.24. The van der Waals surface area contributed by atoms with Gasteiger partial charge in [0.25, 0.3) is 0 Å². The molecule has 0 spiro atoms. The monoisotopic (exact) mass is 299 g/mol. The van der Waals surface area contributed by atoms with E-state index in [0.29, 0.717) is 0 Å². The fraction of sp³-hybridized carbons (Fsp3) is 0. The van der Waals surface area contributed by atoms with Crippen molar-refractivity contribution in [1.29, 1.82) is 0 Å². The van der Waals surface area contributed by atoms with Crippen LogP contribution < -0.4 is 0 Å². The molecule has 5 rings (SSSR count). The van der Waals surface area contributed by atoms with Crippen LogP contribution in [0.1, 0.15) is 0 Å². The minimum absolute atomic E-state index is 1.20. The molecule has 2 aromatic heterocycles. The average molecular weight is 299 g/mol. The van der Waals surface area contributed by atoms with Gasteiger partial charge in [0.1, 0.15) is 0 Å². The molecular formula is C20H13NS. The third-order valence-electron chi connectivity index (χ3n) is 4.29. The zero-order valence-electron chi connectivity index (χ0n) is 11.8. The molecule has 1 nitrogen and oxygen atoms in total. The molecule has 0 fully saturated rings. The van der Waals surface area contributed by atoms with Crippen LogP contribution in [0.15, 0.2) is 72.1 Å². The van der Waals surface area contributed by atoms with Gasteiger partial charge < -0.3 is 4.98 Å². The Morgan fingerprint density at radius 2 is 1.50 bits per heavy atom. The fourth-order valence-electron chi connectivity index (χ4n) is 3.17. The van der Waals surface area contributed by atoms with Crippen LogP contribution in [0, 0.1) is 0 Å². The molecule has 0 unspecified atom stereocenters. The summed E-state index contributed by atoms with van der Waals surface area (Å²) >= 11 is 1.79. The van der Waals surface area contributed by atoms with Crippen molar-refractivity contribution < 1.29 is 0 Å². The molecule has 22 heavy (non-hydrogen) atoms. The second-order valence-electron chi connectivity index (χ2n) is 5.60. The Balaban J connectivity index is 1.78. The molecule has 0 saturated heterocycles. The highest BCUT2D eigenvalue weighted by Crippen LogP contribution is 2.32. The molecule has 5 aromatic rings. The Bertz CT molecular complexity index is 1130. The number of rotatable bonds is 1. The van der Waals surface area contributed by atoms with Crippen LogP contribution in [0.25, 0.3) is 43.0 Å². The number of aromatic nitrogens is 1. The van der Waals surface area contributed by atoms with Gasteiger partial charge in [-0.3, -0.25) is 0 Å². The zero-order chi connectivity index (χ0) is 14.5. The minimum atomic E-state index is 1.20. The summed E-state index contributed by atoms with van der Waals surface area (Å²) in [4.78, 5) is 3.48. The molecule has 2 heteroatoms. The molecule has 0 saturated carbocycles. The van der Waals surface area contributed by atoms with Gasteiger partial charge >= 0.3 is 0 Å².